The Morgan fingerprint density at radius 2 is 1.76 bits per heavy atom. The van der Waals surface area contributed by atoms with Crippen molar-refractivity contribution in [2.75, 3.05) is 26.3 Å². The predicted octanol–water partition coefficient (Wildman–Crippen LogP) is 2.13. The number of aliphatic hydroxyl groups is 2. The van der Waals surface area contributed by atoms with E-state index in [1.54, 1.807) is 21.7 Å². The number of nitrogens with zero attached hydrogens (tertiary/aromatic N) is 3. The molecule has 1 fully saturated rings. The van der Waals surface area contributed by atoms with Crippen LogP contribution in [0.1, 0.15) is 60.8 Å². The first kappa shape index (κ1) is 25.8. The van der Waals surface area contributed by atoms with Crippen LogP contribution in [0.3, 0.4) is 0 Å². The lowest BCUT2D eigenvalue weighted by molar-refractivity contribution is -0.139. The Bertz CT molecular complexity index is 985. The van der Waals surface area contributed by atoms with Crippen LogP contribution in [0.4, 0.5) is 4.39 Å². The van der Waals surface area contributed by atoms with Crippen LogP contribution in [-0.2, 0) is 16.0 Å². The van der Waals surface area contributed by atoms with E-state index in [0.717, 1.165) is 5.56 Å². The molecule has 2 atom stereocenters. The van der Waals surface area contributed by atoms with Crippen LogP contribution < -0.4 is 0 Å². The number of rotatable bonds is 10. The molecule has 34 heavy (non-hydrogen) atoms. The van der Waals surface area contributed by atoms with Gasteiger partial charge in [-0.15, -0.1) is 0 Å². The molecule has 0 saturated carbocycles. The predicted molar refractivity (Wildman–Crippen MR) is 122 cm³/mol. The second kappa shape index (κ2) is 11.5. The van der Waals surface area contributed by atoms with Crippen LogP contribution in [0.5, 0.6) is 0 Å². The van der Waals surface area contributed by atoms with Gasteiger partial charge in [-0.25, -0.2) is 9.07 Å². The number of ether oxygens (including phenoxy) is 1. The monoisotopic (exact) mass is 477 g/mol. The van der Waals surface area contributed by atoms with Crippen LogP contribution in [0.2, 0.25) is 0 Å². The van der Waals surface area contributed by atoms with Gasteiger partial charge in [-0.3, -0.25) is 9.59 Å². The Hall–Kier alpha value is -2.82. The van der Waals surface area contributed by atoms with Crippen molar-refractivity contribution in [3.05, 3.63) is 47.0 Å². The summed E-state index contributed by atoms with van der Waals surface area (Å²) in [5, 5.41) is 33.7. The largest absolute Gasteiger partial charge is 0.481 e. The number of carboxylic acids is 1. The number of carbonyl (C=O) groups is 2. The molecule has 2 unspecified atom stereocenters. The molecule has 186 valence electrons. The molecule has 1 aliphatic rings. The molecule has 1 amide bonds. The molecule has 1 saturated heterocycles. The Morgan fingerprint density at radius 1 is 1.12 bits per heavy atom. The van der Waals surface area contributed by atoms with E-state index >= 15 is 0 Å². The van der Waals surface area contributed by atoms with Gasteiger partial charge in [0.15, 0.2) is 5.69 Å². The van der Waals surface area contributed by atoms with Crippen molar-refractivity contribution in [3.8, 4) is 5.69 Å². The lowest BCUT2D eigenvalue weighted by Gasteiger charge is -2.26. The number of carbonyl (C=O) groups excluding carboxylic acids is 1. The number of aromatic nitrogens is 2. The molecule has 2 aromatic rings. The third kappa shape index (κ3) is 6.40. The zero-order chi connectivity index (χ0) is 24.8. The highest BCUT2D eigenvalue weighted by Gasteiger charge is 2.30. The quantitative estimate of drug-likeness (QED) is 0.479. The molecular formula is C24H32FN3O6. The molecule has 10 heteroatoms. The Labute approximate surface area is 197 Å². The van der Waals surface area contributed by atoms with E-state index < -0.39 is 30.4 Å². The topological polar surface area (TPSA) is 125 Å². The summed E-state index contributed by atoms with van der Waals surface area (Å²) in [5.41, 5.74) is 2.36. The van der Waals surface area contributed by atoms with Crippen molar-refractivity contribution in [2.24, 2.45) is 0 Å². The van der Waals surface area contributed by atoms with Crippen LogP contribution in [0, 0.1) is 5.82 Å². The minimum absolute atomic E-state index is 0.0565. The van der Waals surface area contributed by atoms with Crippen molar-refractivity contribution in [1.29, 1.82) is 0 Å². The number of hydrogen-bond acceptors (Lipinski definition) is 6. The maximum Gasteiger partial charge on any atom is 0.305 e. The molecule has 0 radical (unpaired) electrons. The minimum Gasteiger partial charge on any atom is -0.481 e. The van der Waals surface area contributed by atoms with E-state index in [1.165, 1.54) is 12.1 Å². The number of carboxylic acid groups (broad SMARTS) is 1. The van der Waals surface area contributed by atoms with Crippen molar-refractivity contribution >= 4 is 11.9 Å². The van der Waals surface area contributed by atoms with E-state index in [9.17, 15) is 24.2 Å². The number of aliphatic carboxylic acids is 1. The minimum atomic E-state index is -1.16. The number of halogens is 1. The fourth-order valence-electron chi connectivity index (χ4n) is 4.20. The van der Waals surface area contributed by atoms with E-state index in [4.69, 9.17) is 9.84 Å². The Morgan fingerprint density at radius 3 is 2.35 bits per heavy atom. The summed E-state index contributed by atoms with van der Waals surface area (Å²) in [6.45, 7) is 5.76. The fraction of sp³-hybridized carbons (Fsp3) is 0.542. The molecule has 0 bridgehead atoms. The molecular weight excluding hydrogens is 445 g/mol. The molecule has 1 aromatic carbocycles. The van der Waals surface area contributed by atoms with Crippen LogP contribution in [0.15, 0.2) is 24.3 Å². The van der Waals surface area contributed by atoms with Gasteiger partial charge in [-0.1, -0.05) is 13.8 Å². The number of hydrogen-bond donors (Lipinski definition) is 3. The lowest BCUT2D eigenvalue weighted by atomic mass is 9.95. The average Bonchev–Trinajstić information content (AvgIpc) is 3.17. The maximum absolute atomic E-state index is 13.6. The zero-order valence-electron chi connectivity index (χ0n) is 19.5. The molecule has 0 spiro atoms. The Balaban J connectivity index is 1.94. The number of morpholine rings is 1. The summed E-state index contributed by atoms with van der Waals surface area (Å²) in [4.78, 5) is 25.8. The van der Waals surface area contributed by atoms with Crippen molar-refractivity contribution in [2.45, 2.75) is 57.7 Å². The molecule has 3 N–H and O–H groups in total. The zero-order valence-corrected chi connectivity index (χ0v) is 19.5. The van der Waals surface area contributed by atoms with Crippen LogP contribution in [-0.4, -0.2) is 80.4 Å². The molecule has 9 nitrogen and oxygen atoms in total. The fourth-order valence-corrected chi connectivity index (χ4v) is 4.20. The normalized spacial score (nSPS) is 16.0. The second-order valence-electron chi connectivity index (χ2n) is 8.84. The van der Waals surface area contributed by atoms with Gasteiger partial charge < -0.3 is 25.0 Å². The first-order chi connectivity index (χ1) is 16.2. The number of aliphatic hydroxyl groups excluding tert-OH is 2. The number of benzene rings is 1. The lowest BCUT2D eigenvalue weighted by Crippen LogP contribution is -2.41. The van der Waals surface area contributed by atoms with Gasteiger partial charge in [-0.2, -0.15) is 5.10 Å². The summed E-state index contributed by atoms with van der Waals surface area (Å²) >= 11 is 0. The Kier molecular flexibility index (Phi) is 8.76. The van der Waals surface area contributed by atoms with E-state index in [2.05, 4.69) is 5.10 Å². The molecule has 2 heterocycles. The van der Waals surface area contributed by atoms with Crippen molar-refractivity contribution in [1.82, 2.24) is 14.7 Å². The standard InChI is InChI=1S/C24H32FN3O6/c1-15(2)22-20(8-7-18(29)13-19(30)14-21(31)32)28(17-5-3-16(25)4-6-17)26-23(22)24(33)27-9-11-34-12-10-27/h3-6,15,18-19,29-30H,7-14H2,1-2H3,(H,31,32). The average molecular weight is 478 g/mol. The molecule has 1 aromatic heterocycles. The van der Waals surface area contributed by atoms with Gasteiger partial charge in [-0.05, 0) is 49.4 Å². The summed E-state index contributed by atoms with van der Waals surface area (Å²) < 4.78 is 20.5. The first-order valence-corrected chi connectivity index (χ1v) is 11.5. The van der Waals surface area contributed by atoms with Gasteiger partial charge in [0.2, 0.25) is 0 Å². The van der Waals surface area contributed by atoms with Crippen LogP contribution in [0.25, 0.3) is 5.69 Å². The summed E-state index contributed by atoms with van der Waals surface area (Å²) in [7, 11) is 0. The first-order valence-electron chi connectivity index (χ1n) is 11.5. The smallest absolute Gasteiger partial charge is 0.305 e. The third-order valence-corrected chi connectivity index (χ3v) is 5.84. The number of amides is 1. The highest BCUT2D eigenvalue weighted by molar-refractivity contribution is 5.94. The molecule has 3 rings (SSSR count). The van der Waals surface area contributed by atoms with Crippen LogP contribution >= 0.6 is 0 Å². The SMILES string of the molecule is CC(C)c1c(C(=O)N2CCOCC2)nn(-c2ccc(F)cc2)c1CCC(O)CC(O)CC(=O)O. The van der Waals surface area contributed by atoms with E-state index in [1.807, 2.05) is 13.8 Å². The van der Waals surface area contributed by atoms with E-state index in [0.29, 0.717) is 49.8 Å². The van der Waals surface area contributed by atoms with E-state index in [-0.39, 0.29) is 24.7 Å². The summed E-state index contributed by atoms with van der Waals surface area (Å²) in [5.74, 6) is -1.79. The van der Waals surface area contributed by atoms with Gasteiger partial charge in [0, 0.05) is 24.3 Å². The van der Waals surface area contributed by atoms with Gasteiger partial charge >= 0.3 is 5.97 Å². The summed E-state index contributed by atoms with van der Waals surface area (Å²) in [6, 6.07) is 5.78. The van der Waals surface area contributed by atoms with Gasteiger partial charge in [0.1, 0.15) is 5.82 Å². The molecule has 1 aliphatic heterocycles. The highest BCUT2D eigenvalue weighted by atomic mass is 19.1. The maximum atomic E-state index is 13.6. The van der Waals surface area contributed by atoms with Crippen molar-refractivity contribution in [3.63, 3.8) is 0 Å². The third-order valence-electron chi connectivity index (χ3n) is 5.84. The second-order valence-corrected chi connectivity index (χ2v) is 8.84. The highest BCUT2D eigenvalue weighted by Crippen LogP contribution is 2.29. The van der Waals surface area contributed by atoms with Gasteiger partial charge in [0.25, 0.3) is 5.91 Å². The molecule has 0 aliphatic carbocycles. The van der Waals surface area contributed by atoms with Gasteiger partial charge in [0.05, 0.1) is 37.5 Å². The van der Waals surface area contributed by atoms with Crippen molar-refractivity contribution < 1.29 is 34.0 Å². The summed E-state index contributed by atoms with van der Waals surface area (Å²) in [6.07, 6.45) is -2.06.